The molecule has 0 saturated carbocycles. The molecule has 1 aromatic heterocycles. The SMILES string of the molecule is CCCc1cc(-c2cnn(C)c2)c(C#N)cc1C. The molecule has 0 atom stereocenters. The molecule has 3 heteroatoms. The fraction of sp³-hybridized carbons (Fsp3) is 0.333. The Labute approximate surface area is 108 Å². The summed E-state index contributed by atoms with van der Waals surface area (Å²) < 4.78 is 1.76. The van der Waals surface area contributed by atoms with Crippen LogP contribution in [0.25, 0.3) is 11.1 Å². The molecule has 0 aliphatic heterocycles. The van der Waals surface area contributed by atoms with Gasteiger partial charge >= 0.3 is 0 Å². The van der Waals surface area contributed by atoms with Crippen molar-refractivity contribution in [2.45, 2.75) is 26.7 Å². The second kappa shape index (κ2) is 5.05. The third-order valence-corrected chi connectivity index (χ3v) is 3.13. The Morgan fingerprint density at radius 3 is 2.72 bits per heavy atom. The summed E-state index contributed by atoms with van der Waals surface area (Å²) >= 11 is 0. The molecule has 0 spiro atoms. The van der Waals surface area contributed by atoms with Gasteiger partial charge in [0.05, 0.1) is 17.8 Å². The average molecular weight is 239 g/mol. The normalized spacial score (nSPS) is 10.3. The number of rotatable bonds is 3. The highest BCUT2D eigenvalue weighted by molar-refractivity contribution is 5.71. The Morgan fingerprint density at radius 1 is 1.39 bits per heavy atom. The molecule has 0 N–H and O–H groups in total. The van der Waals surface area contributed by atoms with Crippen LogP contribution >= 0.6 is 0 Å². The summed E-state index contributed by atoms with van der Waals surface area (Å²) in [6.45, 7) is 4.24. The first-order chi connectivity index (χ1) is 8.65. The third kappa shape index (κ3) is 2.28. The summed E-state index contributed by atoms with van der Waals surface area (Å²) in [5.74, 6) is 0. The topological polar surface area (TPSA) is 41.6 Å². The number of hydrogen-bond donors (Lipinski definition) is 0. The van der Waals surface area contributed by atoms with E-state index in [9.17, 15) is 5.26 Å². The van der Waals surface area contributed by atoms with Gasteiger partial charge in [0.2, 0.25) is 0 Å². The van der Waals surface area contributed by atoms with E-state index in [4.69, 9.17) is 0 Å². The minimum absolute atomic E-state index is 0.723. The van der Waals surface area contributed by atoms with Crippen LogP contribution in [0.5, 0.6) is 0 Å². The van der Waals surface area contributed by atoms with Crippen LogP contribution < -0.4 is 0 Å². The monoisotopic (exact) mass is 239 g/mol. The van der Waals surface area contributed by atoms with Crippen molar-refractivity contribution in [3.8, 4) is 17.2 Å². The largest absolute Gasteiger partial charge is 0.275 e. The number of nitrogens with zero attached hydrogens (tertiary/aromatic N) is 3. The lowest BCUT2D eigenvalue weighted by Gasteiger charge is -2.09. The van der Waals surface area contributed by atoms with Crippen molar-refractivity contribution in [3.63, 3.8) is 0 Å². The highest BCUT2D eigenvalue weighted by atomic mass is 15.2. The lowest BCUT2D eigenvalue weighted by molar-refractivity contribution is 0.768. The minimum atomic E-state index is 0.723. The Kier molecular flexibility index (Phi) is 3.47. The maximum absolute atomic E-state index is 9.25. The molecule has 1 heterocycles. The van der Waals surface area contributed by atoms with Gasteiger partial charge in [-0.05, 0) is 36.6 Å². The van der Waals surface area contributed by atoms with E-state index in [-0.39, 0.29) is 0 Å². The van der Waals surface area contributed by atoms with Gasteiger partial charge in [0.15, 0.2) is 0 Å². The molecule has 1 aromatic carbocycles. The second-order valence-electron chi connectivity index (χ2n) is 4.59. The first-order valence-corrected chi connectivity index (χ1v) is 6.18. The molecular formula is C15H17N3. The van der Waals surface area contributed by atoms with Gasteiger partial charge in [-0.25, -0.2) is 0 Å². The van der Waals surface area contributed by atoms with Crippen molar-refractivity contribution < 1.29 is 0 Å². The summed E-state index contributed by atoms with van der Waals surface area (Å²) in [6, 6.07) is 6.39. The highest BCUT2D eigenvalue weighted by Gasteiger charge is 2.10. The predicted molar refractivity (Wildman–Crippen MR) is 72.1 cm³/mol. The van der Waals surface area contributed by atoms with Crippen LogP contribution in [0.2, 0.25) is 0 Å². The molecule has 92 valence electrons. The molecule has 0 amide bonds. The number of nitriles is 1. The summed E-state index contributed by atoms with van der Waals surface area (Å²) in [6.07, 6.45) is 5.91. The zero-order chi connectivity index (χ0) is 13.1. The standard InChI is InChI=1S/C15H17N3/c1-4-5-12-7-15(13(8-16)6-11(12)2)14-9-17-18(3)10-14/h6-7,9-10H,4-5H2,1-3H3. The van der Waals surface area contributed by atoms with E-state index in [1.54, 1.807) is 10.9 Å². The second-order valence-corrected chi connectivity index (χ2v) is 4.59. The molecule has 0 aliphatic carbocycles. The Balaban J connectivity index is 2.58. The van der Waals surface area contributed by atoms with Crippen molar-refractivity contribution in [2.75, 3.05) is 0 Å². The molecular weight excluding hydrogens is 222 g/mol. The van der Waals surface area contributed by atoms with Gasteiger partial charge in [-0.3, -0.25) is 4.68 Å². The molecule has 2 aromatic rings. The number of benzene rings is 1. The number of aromatic nitrogens is 2. The van der Waals surface area contributed by atoms with Crippen LogP contribution in [-0.2, 0) is 13.5 Å². The lowest BCUT2D eigenvalue weighted by Crippen LogP contribution is -1.93. The van der Waals surface area contributed by atoms with Gasteiger partial charge in [0.25, 0.3) is 0 Å². The molecule has 0 saturated heterocycles. The lowest BCUT2D eigenvalue weighted by atomic mass is 9.94. The summed E-state index contributed by atoms with van der Waals surface area (Å²) in [5, 5.41) is 13.4. The van der Waals surface area contributed by atoms with E-state index >= 15 is 0 Å². The molecule has 0 unspecified atom stereocenters. The zero-order valence-corrected chi connectivity index (χ0v) is 11.1. The summed E-state index contributed by atoms with van der Waals surface area (Å²) in [7, 11) is 1.89. The van der Waals surface area contributed by atoms with Crippen LogP contribution in [0, 0.1) is 18.3 Å². The summed E-state index contributed by atoms with van der Waals surface area (Å²) in [4.78, 5) is 0. The smallest absolute Gasteiger partial charge is 0.0998 e. The highest BCUT2D eigenvalue weighted by Crippen LogP contribution is 2.27. The van der Waals surface area contributed by atoms with E-state index in [1.807, 2.05) is 19.3 Å². The van der Waals surface area contributed by atoms with Gasteiger partial charge in [-0.2, -0.15) is 10.4 Å². The van der Waals surface area contributed by atoms with Gasteiger partial charge in [-0.1, -0.05) is 13.3 Å². The predicted octanol–water partition coefficient (Wildman–Crippen LogP) is 3.22. The first-order valence-electron chi connectivity index (χ1n) is 6.18. The number of hydrogen-bond acceptors (Lipinski definition) is 2. The van der Waals surface area contributed by atoms with Crippen molar-refractivity contribution in [2.24, 2.45) is 7.05 Å². The van der Waals surface area contributed by atoms with Crippen molar-refractivity contribution in [1.82, 2.24) is 9.78 Å². The van der Waals surface area contributed by atoms with Gasteiger partial charge in [0, 0.05) is 24.4 Å². The molecule has 0 fully saturated rings. The van der Waals surface area contributed by atoms with Crippen LogP contribution in [0.1, 0.15) is 30.0 Å². The summed E-state index contributed by atoms with van der Waals surface area (Å²) in [5.41, 5.74) is 5.22. The Bertz CT molecular complexity index is 603. The fourth-order valence-electron chi connectivity index (χ4n) is 2.18. The maximum atomic E-state index is 9.25. The molecule has 2 rings (SSSR count). The van der Waals surface area contributed by atoms with Crippen LogP contribution in [0.15, 0.2) is 24.5 Å². The van der Waals surface area contributed by atoms with Crippen LogP contribution in [0.4, 0.5) is 0 Å². The third-order valence-electron chi connectivity index (χ3n) is 3.13. The van der Waals surface area contributed by atoms with Crippen LogP contribution in [0.3, 0.4) is 0 Å². The zero-order valence-electron chi connectivity index (χ0n) is 11.1. The molecule has 18 heavy (non-hydrogen) atoms. The fourth-order valence-corrected chi connectivity index (χ4v) is 2.18. The van der Waals surface area contributed by atoms with E-state index in [2.05, 4.69) is 31.1 Å². The molecule has 0 aliphatic rings. The van der Waals surface area contributed by atoms with Crippen molar-refractivity contribution in [3.05, 3.63) is 41.2 Å². The van der Waals surface area contributed by atoms with Gasteiger partial charge in [-0.15, -0.1) is 0 Å². The van der Waals surface area contributed by atoms with E-state index in [0.29, 0.717) is 0 Å². The van der Waals surface area contributed by atoms with Crippen LogP contribution in [-0.4, -0.2) is 9.78 Å². The Morgan fingerprint density at radius 2 is 2.17 bits per heavy atom. The maximum Gasteiger partial charge on any atom is 0.0998 e. The van der Waals surface area contributed by atoms with Crippen molar-refractivity contribution in [1.29, 1.82) is 5.26 Å². The quantitative estimate of drug-likeness (QED) is 0.825. The number of aryl methyl sites for hydroxylation is 3. The van der Waals surface area contributed by atoms with Gasteiger partial charge in [0.1, 0.15) is 0 Å². The van der Waals surface area contributed by atoms with Crippen molar-refractivity contribution >= 4 is 0 Å². The molecule has 0 radical (unpaired) electrons. The van der Waals surface area contributed by atoms with E-state index in [0.717, 1.165) is 29.5 Å². The van der Waals surface area contributed by atoms with E-state index in [1.165, 1.54) is 11.1 Å². The Hall–Kier alpha value is -2.08. The molecule has 3 nitrogen and oxygen atoms in total. The minimum Gasteiger partial charge on any atom is -0.275 e. The first kappa shape index (κ1) is 12.4. The molecule has 0 bridgehead atoms. The van der Waals surface area contributed by atoms with E-state index < -0.39 is 0 Å². The van der Waals surface area contributed by atoms with Gasteiger partial charge < -0.3 is 0 Å². The average Bonchev–Trinajstić information content (AvgIpc) is 2.78.